The summed E-state index contributed by atoms with van der Waals surface area (Å²) in [5.74, 6) is 0. The van der Waals surface area contributed by atoms with Crippen molar-refractivity contribution in [2.75, 3.05) is 6.61 Å². The summed E-state index contributed by atoms with van der Waals surface area (Å²) in [7, 11) is 0. The number of hydrogen-bond donors (Lipinski definition) is 2. The molecule has 6 nitrogen and oxygen atoms in total. The Bertz CT molecular complexity index is 241. The Morgan fingerprint density at radius 1 is 0.895 bits per heavy atom. The highest BCUT2D eigenvalue weighted by Gasteiger charge is 2.04. The van der Waals surface area contributed by atoms with Crippen LogP contribution in [0.15, 0.2) is 0 Å². The highest BCUT2D eigenvalue weighted by atomic mass is 16.6. The van der Waals surface area contributed by atoms with Gasteiger partial charge in [-0.05, 0) is 48.5 Å². The molecule has 0 fully saturated rings. The molecule has 0 aliphatic carbocycles. The maximum absolute atomic E-state index is 10.7. The molecular weight excluding hydrogens is 248 g/mol. The number of carbonyl (C=O) groups excluding carboxylic acids is 2. The molecule has 0 aromatic carbocycles. The summed E-state index contributed by atoms with van der Waals surface area (Å²) >= 11 is 0. The Morgan fingerprint density at radius 2 is 1.32 bits per heavy atom. The fraction of sp³-hybridized carbons (Fsp3) is 0.846. The van der Waals surface area contributed by atoms with Gasteiger partial charge < -0.3 is 20.1 Å². The van der Waals surface area contributed by atoms with Crippen molar-refractivity contribution in [1.29, 1.82) is 0 Å². The minimum absolute atomic E-state index is 0.0428. The number of ether oxygens (including phenoxy) is 2. The van der Waals surface area contributed by atoms with Crippen LogP contribution in [0.3, 0.4) is 0 Å². The van der Waals surface area contributed by atoms with Gasteiger partial charge in [-0.2, -0.15) is 0 Å². The molecule has 0 rings (SSSR count). The fourth-order valence-electron chi connectivity index (χ4n) is 0.892. The molecule has 0 aromatic heterocycles. The molecule has 0 aromatic rings. The standard InChI is InChI=1S/C7H15NO2.C6H13NO2/c1-5(2)8-7(9)10-6(3)4;1-4-9-6(8)7-5(2)3/h5-6H,1-4H3,(H,8,9);5H,4H2,1-3H3,(H,7,8). The van der Waals surface area contributed by atoms with Crippen LogP contribution in [0.5, 0.6) is 0 Å². The molecule has 114 valence electrons. The summed E-state index contributed by atoms with van der Waals surface area (Å²) in [4.78, 5) is 21.3. The van der Waals surface area contributed by atoms with E-state index in [0.29, 0.717) is 6.61 Å². The van der Waals surface area contributed by atoms with E-state index in [1.807, 2.05) is 41.5 Å². The molecular formula is C13H28N2O4. The van der Waals surface area contributed by atoms with E-state index in [9.17, 15) is 9.59 Å². The van der Waals surface area contributed by atoms with Crippen molar-refractivity contribution in [3.63, 3.8) is 0 Å². The van der Waals surface area contributed by atoms with Gasteiger partial charge in [0.2, 0.25) is 0 Å². The minimum atomic E-state index is -0.343. The zero-order chi connectivity index (χ0) is 15.4. The molecule has 0 atom stereocenters. The van der Waals surface area contributed by atoms with Gasteiger partial charge >= 0.3 is 12.2 Å². The number of amides is 2. The second kappa shape index (κ2) is 11.6. The van der Waals surface area contributed by atoms with Gasteiger partial charge in [0, 0.05) is 12.1 Å². The predicted molar refractivity (Wildman–Crippen MR) is 75.2 cm³/mol. The summed E-state index contributed by atoms with van der Waals surface area (Å²) in [6.45, 7) is 13.4. The van der Waals surface area contributed by atoms with Crippen LogP contribution >= 0.6 is 0 Å². The predicted octanol–water partition coefficient (Wildman–Crippen LogP) is 2.67. The van der Waals surface area contributed by atoms with Gasteiger partial charge in [0.05, 0.1) is 12.7 Å². The van der Waals surface area contributed by atoms with E-state index in [4.69, 9.17) is 4.74 Å². The summed E-state index contributed by atoms with van der Waals surface area (Å²) in [5, 5.41) is 5.20. The van der Waals surface area contributed by atoms with Crippen LogP contribution in [0.4, 0.5) is 9.59 Å². The smallest absolute Gasteiger partial charge is 0.407 e. The molecule has 0 heterocycles. The van der Waals surface area contributed by atoms with Crippen LogP contribution in [0.2, 0.25) is 0 Å². The first-order chi connectivity index (χ1) is 8.68. The second-order valence-corrected chi connectivity index (χ2v) is 4.77. The third kappa shape index (κ3) is 19.1. The Balaban J connectivity index is 0. The molecule has 0 aliphatic heterocycles. The van der Waals surface area contributed by atoms with Crippen molar-refractivity contribution in [2.45, 2.75) is 66.7 Å². The molecule has 0 spiro atoms. The van der Waals surface area contributed by atoms with Crippen LogP contribution in [-0.4, -0.2) is 37.0 Å². The molecule has 0 saturated carbocycles. The first kappa shape index (κ1) is 19.9. The highest BCUT2D eigenvalue weighted by Crippen LogP contribution is 1.89. The number of carbonyl (C=O) groups is 2. The topological polar surface area (TPSA) is 76.7 Å². The number of alkyl carbamates (subject to hydrolysis) is 2. The van der Waals surface area contributed by atoms with Crippen molar-refractivity contribution >= 4 is 12.2 Å². The monoisotopic (exact) mass is 276 g/mol. The lowest BCUT2D eigenvalue weighted by molar-refractivity contribution is 0.113. The van der Waals surface area contributed by atoms with Gasteiger partial charge in [0.15, 0.2) is 0 Å². The first-order valence-electron chi connectivity index (χ1n) is 6.59. The van der Waals surface area contributed by atoms with E-state index in [-0.39, 0.29) is 30.4 Å². The van der Waals surface area contributed by atoms with Crippen molar-refractivity contribution < 1.29 is 19.1 Å². The first-order valence-corrected chi connectivity index (χ1v) is 6.59. The zero-order valence-corrected chi connectivity index (χ0v) is 13.1. The minimum Gasteiger partial charge on any atom is -0.450 e. The Morgan fingerprint density at radius 3 is 1.63 bits per heavy atom. The summed E-state index contributed by atoms with van der Waals surface area (Å²) < 4.78 is 9.41. The van der Waals surface area contributed by atoms with Crippen LogP contribution in [0.1, 0.15) is 48.5 Å². The van der Waals surface area contributed by atoms with E-state index in [2.05, 4.69) is 15.4 Å². The molecule has 0 bridgehead atoms. The van der Waals surface area contributed by atoms with Gasteiger partial charge in [-0.15, -0.1) is 0 Å². The average molecular weight is 276 g/mol. The lowest BCUT2D eigenvalue weighted by Gasteiger charge is -2.11. The van der Waals surface area contributed by atoms with Crippen molar-refractivity contribution in [2.24, 2.45) is 0 Å². The second-order valence-electron chi connectivity index (χ2n) is 4.77. The van der Waals surface area contributed by atoms with Gasteiger partial charge in [-0.25, -0.2) is 9.59 Å². The van der Waals surface area contributed by atoms with Crippen molar-refractivity contribution in [3.05, 3.63) is 0 Å². The van der Waals surface area contributed by atoms with Crippen molar-refractivity contribution in [1.82, 2.24) is 10.6 Å². The van der Waals surface area contributed by atoms with Gasteiger partial charge in [-0.1, -0.05) is 0 Å². The summed E-state index contributed by atoms with van der Waals surface area (Å²) in [6.07, 6.45) is -0.726. The Hall–Kier alpha value is -1.46. The molecule has 2 N–H and O–H groups in total. The zero-order valence-electron chi connectivity index (χ0n) is 13.1. The molecule has 0 saturated heterocycles. The SMILES string of the molecule is CC(C)NC(=O)OC(C)C.CCOC(=O)NC(C)C. The Kier molecular flexibility index (Phi) is 12.2. The largest absolute Gasteiger partial charge is 0.450 e. The normalized spacial score (nSPS) is 9.79. The van der Waals surface area contributed by atoms with Crippen LogP contribution < -0.4 is 10.6 Å². The van der Waals surface area contributed by atoms with E-state index < -0.39 is 0 Å². The molecule has 2 amide bonds. The lowest BCUT2D eigenvalue weighted by Crippen LogP contribution is -2.32. The number of hydrogen-bond acceptors (Lipinski definition) is 4. The van der Waals surface area contributed by atoms with E-state index in [1.165, 1.54) is 0 Å². The van der Waals surface area contributed by atoms with Crippen LogP contribution in [-0.2, 0) is 9.47 Å². The van der Waals surface area contributed by atoms with E-state index in [1.54, 1.807) is 6.92 Å². The highest BCUT2D eigenvalue weighted by molar-refractivity contribution is 5.67. The van der Waals surface area contributed by atoms with E-state index in [0.717, 1.165) is 0 Å². The van der Waals surface area contributed by atoms with Gasteiger partial charge in [0.25, 0.3) is 0 Å². The Labute approximate surface area is 116 Å². The molecule has 0 aliphatic rings. The molecule has 6 heteroatoms. The fourth-order valence-corrected chi connectivity index (χ4v) is 0.892. The third-order valence-corrected chi connectivity index (χ3v) is 1.43. The van der Waals surface area contributed by atoms with Gasteiger partial charge in [-0.3, -0.25) is 0 Å². The average Bonchev–Trinajstić information content (AvgIpc) is 2.13. The number of rotatable bonds is 4. The van der Waals surface area contributed by atoms with Crippen LogP contribution in [0.25, 0.3) is 0 Å². The lowest BCUT2D eigenvalue weighted by atomic mass is 10.4. The third-order valence-electron chi connectivity index (χ3n) is 1.43. The summed E-state index contributed by atoms with van der Waals surface area (Å²) in [6, 6.07) is 0.301. The van der Waals surface area contributed by atoms with Crippen LogP contribution in [0, 0.1) is 0 Å². The van der Waals surface area contributed by atoms with E-state index >= 15 is 0 Å². The maximum atomic E-state index is 10.7. The quantitative estimate of drug-likeness (QED) is 0.827. The summed E-state index contributed by atoms with van der Waals surface area (Å²) in [5.41, 5.74) is 0. The van der Waals surface area contributed by atoms with Crippen molar-refractivity contribution in [3.8, 4) is 0 Å². The molecule has 0 unspecified atom stereocenters. The number of nitrogens with one attached hydrogen (secondary N) is 2. The molecule has 0 radical (unpaired) electrons. The van der Waals surface area contributed by atoms with Gasteiger partial charge in [0.1, 0.15) is 0 Å². The maximum Gasteiger partial charge on any atom is 0.407 e. The molecule has 19 heavy (non-hydrogen) atoms.